The largest absolute Gasteiger partial charge is 0.395 e. The summed E-state index contributed by atoms with van der Waals surface area (Å²) >= 11 is 6.08. The molecule has 1 atom stereocenters. The number of hydrogen-bond acceptors (Lipinski definition) is 5. The van der Waals surface area contributed by atoms with Crippen LogP contribution in [0.1, 0.15) is 51.6 Å². The Kier molecular flexibility index (Phi) is 7.57. The first kappa shape index (κ1) is 23.2. The van der Waals surface area contributed by atoms with E-state index in [1.165, 1.54) is 16.7 Å². The van der Waals surface area contributed by atoms with E-state index in [-0.39, 0.29) is 25.1 Å². The first-order chi connectivity index (χ1) is 16.1. The summed E-state index contributed by atoms with van der Waals surface area (Å²) in [4.78, 5) is 24.4. The van der Waals surface area contributed by atoms with Crippen LogP contribution in [0.15, 0.2) is 54.7 Å². The van der Waals surface area contributed by atoms with Gasteiger partial charge in [0.05, 0.1) is 23.9 Å². The Morgan fingerprint density at radius 2 is 1.97 bits per heavy atom. The first-order valence-corrected chi connectivity index (χ1v) is 11.8. The van der Waals surface area contributed by atoms with Gasteiger partial charge >= 0.3 is 0 Å². The Labute approximate surface area is 199 Å². The summed E-state index contributed by atoms with van der Waals surface area (Å²) in [6, 6.07) is 16.4. The predicted octanol–water partition coefficient (Wildman–Crippen LogP) is 4.29. The minimum absolute atomic E-state index is 0.111. The molecule has 6 nitrogen and oxygen atoms in total. The first-order valence-electron chi connectivity index (χ1n) is 11.4. The monoisotopic (exact) mass is 464 g/mol. The van der Waals surface area contributed by atoms with Crippen molar-refractivity contribution in [2.24, 2.45) is 0 Å². The highest BCUT2D eigenvalue weighted by Crippen LogP contribution is 2.35. The Morgan fingerprint density at radius 1 is 1.18 bits per heavy atom. The van der Waals surface area contributed by atoms with Gasteiger partial charge in [-0.15, -0.1) is 0 Å². The number of nitrogens with zero attached hydrogens (tertiary/aromatic N) is 3. The Balaban J connectivity index is 1.63. The lowest BCUT2D eigenvalue weighted by molar-refractivity contribution is 0.0943. The van der Waals surface area contributed by atoms with Gasteiger partial charge in [0, 0.05) is 24.3 Å². The zero-order valence-corrected chi connectivity index (χ0v) is 19.6. The molecule has 1 amide bonds. The van der Waals surface area contributed by atoms with Crippen molar-refractivity contribution in [3.63, 3.8) is 0 Å². The second kappa shape index (κ2) is 10.8. The van der Waals surface area contributed by atoms with Gasteiger partial charge in [-0.1, -0.05) is 48.0 Å². The van der Waals surface area contributed by atoms with Crippen LogP contribution in [0.4, 0.5) is 5.95 Å². The van der Waals surface area contributed by atoms with E-state index in [1.54, 1.807) is 6.20 Å². The average Bonchev–Trinajstić information content (AvgIpc) is 3.32. The van der Waals surface area contributed by atoms with Crippen LogP contribution in [0.3, 0.4) is 0 Å². The second-order valence-electron chi connectivity index (χ2n) is 8.34. The van der Waals surface area contributed by atoms with Gasteiger partial charge in [-0.3, -0.25) is 4.79 Å². The van der Waals surface area contributed by atoms with Crippen molar-refractivity contribution in [2.45, 2.75) is 38.6 Å². The molecule has 0 saturated carbocycles. The number of benzene rings is 2. The van der Waals surface area contributed by atoms with Crippen LogP contribution in [-0.2, 0) is 12.8 Å². The fraction of sp³-hybridized carbons (Fsp3) is 0.346. The smallest absolute Gasteiger partial charge is 0.254 e. The van der Waals surface area contributed by atoms with E-state index in [4.69, 9.17) is 21.7 Å². The van der Waals surface area contributed by atoms with E-state index in [0.717, 1.165) is 36.5 Å². The van der Waals surface area contributed by atoms with Crippen LogP contribution < -0.4 is 10.2 Å². The van der Waals surface area contributed by atoms with Crippen molar-refractivity contribution >= 4 is 23.5 Å². The maximum atomic E-state index is 12.7. The van der Waals surface area contributed by atoms with Crippen LogP contribution in [0, 0.1) is 6.92 Å². The van der Waals surface area contributed by atoms with Crippen LogP contribution in [0.2, 0.25) is 5.02 Å². The number of aliphatic hydroxyl groups is 1. The van der Waals surface area contributed by atoms with Gasteiger partial charge in [-0.25, -0.2) is 9.97 Å². The lowest BCUT2D eigenvalue weighted by Crippen LogP contribution is -2.29. The van der Waals surface area contributed by atoms with Gasteiger partial charge in [0.15, 0.2) is 0 Å². The number of aliphatic hydroxyl groups excluding tert-OH is 1. The molecule has 0 aliphatic carbocycles. The highest BCUT2D eigenvalue weighted by Gasteiger charge is 2.29. The van der Waals surface area contributed by atoms with Gasteiger partial charge in [0.2, 0.25) is 5.95 Å². The fourth-order valence-electron chi connectivity index (χ4n) is 4.37. The summed E-state index contributed by atoms with van der Waals surface area (Å²) in [5, 5.41) is 12.5. The molecular weight excluding hydrogens is 436 g/mol. The lowest BCUT2D eigenvalue weighted by atomic mass is 10.0. The molecule has 33 heavy (non-hydrogen) atoms. The molecule has 1 fully saturated rings. The standard InChI is InChI=1S/C26H29ClN4O2/c1-18-5-2-3-6-19(18)10-13-23-22(25(33)28-14-16-32)17-29-26(30-23)31-15-4-7-24(31)20-8-11-21(27)12-9-20/h2-3,5-6,8-9,11-12,17,24,32H,4,7,10,13-16H2,1H3,(H,28,33)/t24-/m0/s1. The van der Waals surface area contributed by atoms with Crippen LogP contribution in [0.5, 0.6) is 0 Å². The van der Waals surface area contributed by atoms with Crippen molar-refractivity contribution in [3.05, 3.63) is 87.7 Å². The molecule has 2 N–H and O–H groups in total. The number of hydrogen-bond donors (Lipinski definition) is 2. The van der Waals surface area contributed by atoms with Gasteiger partial charge in [-0.2, -0.15) is 0 Å². The fourth-order valence-corrected chi connectivity index (χ4v) is 4.50. The third-order valence-corrected chi connectivity index (χ3v) is 6.41. The van der Waals surface area contributed by atoms with Gasteiger partial charge in [0.1, 0.15) is 0 Å². The number of rotatable bonds is 8. The van der Waals surface area contributed by atoms with Crippen molar-refractivity contribution in [2.75, 3.05) is 24.6 Å². The number of carbonyl (C=O) groups excluding carboxylic acids is 1. The molecule has 0 radical (unpaired) electrons. The topological polar surface area (TPSA) is 78.4 Å². The normalized spacial score (nSPS) is 15.6. The minimum Gasteiger partial charge on any atom is -0.395 e. The molecule has 0 unspecified atom stereocenters. The summed E-state index contributed by atoms with van der Waals surface area (Å²) in [5.74, 6) is 0.386. The predicted molar refractivity (Wildman–Crippen MR) is 131 cm³/mol. The van der Waals surface area contributed by atoms with Crippen molar-refractivity contribution in [1.29, 1.82) is 0 Å². The van der Waals surface area contributed by atoms with Crippen molar-refractivity contribution in [1.82, 2.24) is 15.3 Å². The summed E-state index contributed by atoms with van der Waals surface area (Å²) in [5.41, 5.74) is 4.83. The quantitative estimate of drug-likeness (QED) is 0.520. The molecule has 1 aliphatic heterocycles. The zero-order chi connectivity index (χ0) is 23.2. The molecule has 4 rings (SSSR count). The number of nitrogens with one attached hydrogen (secondary N) is 1. The molecule has 1 aliphatic rings. The van der Waals surface area contributed by atoms with E-state index in [2.05, 4.69) is 46.4 Å². The molecular formula is C26H29ClN4O2. The summed E-state index contributed by atoms with van der Waals surface area (Å²) in [7, 11) is 0. The van der Waals surface area contributed by atoms with Crippen LogP contribution in [0.25, 0.3) is 0 Å². The molecule has 2 heterocycles. The third-order valence-electron chi connectivity index (χ3n) is 6.15. The minimum atomic E-state index is -0.258. The maximum Gasteiger partial charge on any atom is 0.254 e. The lowest BCUT2D eigenvalue weighted by Gasteiger charge is -2.26. The molecule has 2 aromatic carbocycles. The Bertz CT molecular complexity index is 1100. The van der Waals surface area contributed by atoms with E-state index in [0.29, 0.717) is 17.9 Å². The number of aromatic nitrogens is 2. The van der Waals surface area contributed by atoms with Crippen molar-refractivity contribution < 1.29 is 9.90 Å². The van der Waals surface area contributed by atoms with E-state index >= 15 is 0 Å². The third kappa shape index (κ3) is 5.52. The molecule has 3 aromatic rings. The summed E-state index contributed by atoms with van der Waals surface area (Å²) < 4.78 is 0. The molecule has 0 spiro atoms. The number of halogens is 1. The van der Waals surface area contributed by atoms with E-state index in [1.807, 2.05) is 24.3 Å². The molecule has 172 valence electrons. The Morgan fingerprint density at radius 3 is 2.73 bits per heavy atom. The summed E-state index contributed by atoms with van der Waals surface area (Å²) in [6.45, 7) is 3.04. The van der Waals surface area contributed by atoms with E-state index < -0.39 is 0 Å². The Hall–Kier alpha value is -2.96. The van der Waals surface area contributed by atoms with E-state index in [9.17, 15) is 4.79 Å². The summed E-state index contributed by atoms with van der Waals surface area (Å²) in [6.07, 6.45) is 5.10. The average molecular weight is 465 g/mol. The van der Waals surface area contributed by atoms with Gasteiger partial charge in [-0.05, 0) is 61.4 Å². The number of aryl methyl sites for hydroxylation is 3. The van der Waals surface area contributed by atoms with Crippen LogP contribution in [-0.4, -0.2) is 40.7 Å². The number of anilines is 1. The van der Waals surface area contributed by atoms with Crippen molar-refractivity contribution in [3.8, 4) is 0 Å². The number of carbonyl (C=O) groups is 1. The zero-order valence-electron chi connectivity index (χ0n) is 18.8. The SMILES string of the molecule is Cc1ccccc1CCc1nc(N2CCC[C@H]2c2ccc(Cl)cc2)ncc1C(=O)NCCO. The molecule has 0 bridgehead atoms. The number of amides is 1. The van der Waals surface area contributed by atoms with Gasteiger partial charge < -0.3 is 15.3 Å². The molecule has 7 heteroatoms. The van der Waals surface area contributed by atoms with Gasteiger partial charge in [0.25, 0.3) is 5.91 Å². The molecule has 1 aromatic heterocycles. The van der Waals surface area contributed by atoms with Crippen LogP contribution >= 0.6 is 11.6 Å². The highest BCUT2D eigenvalue weighted by molar-refractivity contribution is 6.30. The highest BCUT2D eigenvalue weighted by atomic mass is 35.5. The maximum absolute atomic E-state index is 12.7. The second-order valence-corrected chi connectivity index (χ2v) is 8.78. The molecule has 1 saturated heterocycles.